The molecule has 1 aliphatic rings. The van der Waals surface area contributed by atoms with Crippen molar-refractivity contribution in [3.8, 4) is 0 Å². The Morgan fingerprint density at radius 3 is 2.42 bits per heavy atom. The van der Waals surface area contributed by atoms with E-state index in [2.05, 4.69) is 71.1 Å². The highest BCUT2D eigenvalue weighted by molar-refractivity contribution is 5.59. The van der Waals surface area contributed by atoms with Crippen molar-refractivity contribution in [3.63, 3.8) is 0 Å². The Morgan fingerprint density at radius 2 is 1.75 bits per heavy atom. The molecule has 24 heavy (non-hydrogen) atoms. The largest absolute Gasteiger partial charge is 0.372 e. The number of aryl methyl sites for hydroxylation is 3. The number of nitrogens with one attached hydrogen (secondary N) is 1. The van der Waals surface area contributed by atoms with Gasteiger partial charge in [0.05, 0.1) is 12.2 Å². The molecule has 1 aromatic heterocycles. The van der Waals surface area contributed by atoms with Crippen LogP contribution in [0.2, 0.25) is 0 Å². The van der Waals surface area contributed by atoms with E-state index in [1.54, 1.807) is 0 Å². The fourth-order valence-electron chi connectivity index (χ4n) is 3.08. The van der Waals surface area contributed by atoms with Crippen molar-refractivity contribution < 1.29 is 4.74 Å². The molecule has 2 unspecified atom stereocenters. The first-order valence-corrected chi connectivity index (χ1v) is 8.38. The first kappa shape index (κ1) is 16.6. The SMILES string of the molecule is Cc1ccc(Nc2nc(C)nc(N3CC(C)OC(C)C3)n2)c(C)c1. The van der Waals surface area contributed by atoms with E-state index in [0.29, 0.717) is 17.7 Å². The van der Waals surface area contributed by atoms with Crippen LogP contribution in [0, 0.1) is 20.8 Å². The van der Waals surface area contributed by atoms with Gasteiger partial charge in [0.15, 0.2) is 0 Å². The molecule has 2 aromatic rings. The summed E-state index contributed by atoms with van der Waals surface area (Å²) in [6.07, 6.45) is 0.336. The van der Waals surface area contributed by atoms with Crippen molar-refractivity contribution in [1.29, 1.82) is 0 Å². The van der Waals surface area contributed by atoms with Crippen molar-refractivity contribution >= 4 is 17.6 Å². The lowest BCUT2D eigenvalue weighted by Crippen LogP contribution is -2.46. The first-order chi connectivity index (χ1) is 11.4. The van der Waals surface area contributed by atoms with Gasteiger partial charge < -0.3 is 15.0 Å². The van der Waals surface area contributed by atoms with E-state index in [1.807, 2.05) is 6.92 Å². The van der Waals surface area contributed by atoms with Crippen LogP contribution in [0.15, 0.2) is 18.2 Å². The van der Waals surface area contributed by atoms with Crippen LogP contribution in [0.3, 0.4) is 0 Å². The van der Waals surface area contributed by atoms with Crippen LogP contribution in [0.1, 0.15) is 30.8 Å². The third-order valence-electron chi connectivity index (χ3n) is 4.07. The van der Waals surface area contributed by atoms with Gasteiger partial charge in [0.2, 0.25) is 11.9 Å². The molecule has 2 heterocycles. The number of nitrogens with zero attached hydrogens (tertiary/aromatic N) is 4. The van der Waals surface area contributed by atoms with E-state index in [1.165, 1.54) is 11.1 Å². The van der Waals surface area contributed by atoms with Gasteiger partial charge in [-0.15, -0.1) is 0 Å². The molecule has 1 saturated heterocycles. The summed E-state index contributed by atoms with van der Waals surface area (Å²) >= 11 is 0. The van der Waals surface area contributed by atoms with Crippen molar-refractivity contribution in [2.75, 3.05) is 23.3 Å². The smallest absolute Gasteiger partial charge is 0.232 e. The Labute approximate surface area is 143 Å². The van der Waals surface area contributed by atoms with Crippen molar-refractivity contribution in [2.24, 2.45) is 0 Å². The summed E-state index contributed by atoms with van der Waals surface area (Å²) in [7, 11) is 0. The maximum atomic E-state index is 5.79. The lowest BCUT2D eigenvalue weighted by atomic mass is 10.1. The second kappa shape index (κ2) is 6.73. The number of hydrogen-bond acceptors (Lipinski definition) is 6. The van der Waals surface area contributed by atoms with E-state index < -0.39 is 0 Å². The fraction of sp³-hybridized carbons (Fsp3) is 0.500. The molecule has 0 aliphatic carbocycles. The van der Waals surface area contributed by atoms with E-state index in [4.69, 9.17) is 4.74 Å². The number of morpholine rings is 1. The highest BCUT2D eigenvalue weighted by atomic mass is 16.5. The maximum absolute atomic E-state index is 5.79. The summed E-state index contributed by atoms with van der Waals surface area (Å²) in [6.45, 7) is 11.8. The van der Waals surface area contributed by atoms with Crippen LogP contribution in [-0.2, 0) is 4.74 Å². The van der Waals surface area contributed by atoms with Gasteiger partial charge in [-0.2, -0.15) is 15.0 Å². The summed E-state index contributed by atoms with van der Waals surface area (Å²) < 4.78 is 5.79. The normalized spacial score (nSPS) is 21.0. The minimum Gasteiger partial charge on any atom is -0.372 e. The van der Waals surface area contributed by atoms with Gasteiger partial charge in [-0.25, -0.2) is 0 Å². The van der Waals surface area contributed by atoms with Gasteiger partial charge in [0.1, 0.15) is 5.82 Å². The minimum atomic E-state index is 0.168. The first-order valence-electron chi connectivity index (χ1n) is 8.38. The molecule has 1 aromatic carbocycles. The summed E-state index contributed by atoms with van der Waals surface area (Å²) in [6, 6.07) is 6.28. The number of aromatic nitrogens is 3. The third kappa shape index (κ3) is 3.82. The van der Waals surface area contributed by atoms with Crippen molar-refractivity contribution in [1.82, 2.24) is 15.0 Å². The molecule has 2 atom stereocenters. The predicted molar refractivity (Wildman–Crippen MR) is 96.0 cm³/mol. The number of hydrogen-bond donors (Lipinski definition) is 1. The predicted octanol–water partition coefficient (Wildman–Crippen LogP) is 3.15. The highest BCUT2D eigenvalue weighted by Crippen LogP contribution is 2.22. The van der Waals surface area contributed by atoms with Crippen LogP contribution in [-0.4, -0.2) is 40.2 Å². The average Bonchev–Trinajstić information content (AvgIpc) is 2.48. The van der Waals surface area contributed by atoms with Crippen LogP contribution >= 0.6 is 0 Å². The molecular weight excluding hydrogens is 302 g/mol. The van der Waals surface area contributed by atoms with E-state index in [-0.39, 0.29) is 12.2 Å². The zero-order valence-electron chi connectivity index (χ0n) is 15.0. The lowest BCUT2D eigenvalue weighted by molar-refractivity contribution is -0.00573. The van der Waals surface area contributed by atoms with Crippen LogP contribution in [0.4, 0.5) is 17.6 Å². The standard InChI is InChI=1S/C18H25N5O/c1-11-6-7-16(12(2)8-11)21-17-19-15(5)20-18(22-17)23-9-13(3)24-14(4)10-23/h6-8,13-14H,9-10H2,1-5H3,(H,19,20,21,22). The number of ether oxygens (including phenoxy) is 1. The zero-order chi connectivity index (χ0) is 17.3. The van der Waals surface area contributed by atoms with E-state index in [9.17, 15) is 0 Å². The molecule has 0 spiro atoms. The Balaban J connectivity index is 1.86. The Kier molecular flexibility index (Phi) is 4.66. The zero-order valence-corrected chi connectivity index (χ0v) is 15.0. The van der Waals surface area contributed by atoms with Gasteiger partial charge in [-0.1, -0.05) is 17.7 Å². The Morgan fingerprint density at radius 1 is 1.04 bits per heavy atom. The number of benzene rings is 1. The monoisotopic (exact) mass is 327 g/mol. The molecule has 1 fully saturated rings. The molecule has 0 saturated carbocycles. The van der Waals surface area contributed by atoms with E-state index >= 15 is 0 Å². The van der Waals surface area contributed by atoms with Gasteiger partial charge >= 0.3 is 0 Å². The van der Waals surface area contributed by atoms with Gasteiger partial charge in [0.25, 0.3) is 0 Å². The van der Waals surface area contributed by atoms with Gasteiger partial charge in [-0.3, -0.25) is 0 Å². The van der Waals surface area contributed by atoms with Gasteiger partial charge in [-0.05, 0) is 46.2 Å². The maximum Gasteiger partial charge on any atom is 0.232 e. The van der Waals surface area contributed by atoms with Crippen LogP contribution in [0.25, 0.3) is 0 Å². The van der Waals surface area contributed by atoms with Crippen LogP contribution in [0.5, 0.6) is 0 Å². The number of rotatable bonds is 3. The molecule has 6 nitrogen and oxygen atoms in total. The summed E-state index contributed by atoms with van der Waals surface area (Å²) in [4.78, 5) is 15.7. The topological polar surface area (TPSA) is 63.2 Å². The van der Waals surface area contributed by atoms with E-state index in [0.717, 1.165) is 18.8 Å². The minimum absolute atomic E-state index is 0.168. The molecule has 0 radical (unpaired) electrons. The number of anilines is 3. The second-order valence-corrected chi connectivity index (χ2v) is 6.61. The third-order valence-corrected chi connectivity index (χ3v) is 4.07. The summed E-state index contributed by atoms with van der Waals surface area (Å²) in [5.74, 6) is 1.99. The molecule has 1 N–H and O–H groups in total. The molecule has 6 heteroatoms. The molecule has 3 rings (SSSR count). The lowest BCUT2D eigenvalue weighted by Gasteiger charge is -2.35. The molecule has 128 valence electrons. The highest BCUT2D eigenvalue weighted by Gasteiger charge is 2.24. The molecule has 0 amide bonds. The summed E-state index contributed by atoms with van der Waals surface area (Å²) in [5, 5.41) is 3.32. The summed E-state index contributed by atoms with van der Waals surface area (Å²) in [5.41, 5.74) is 3.42. The quantitative estimate of drug-likeness (QED) is 0.934. The average molecular weight is 327 g/mol. The van der Waals surface area contributed by atoms with Crippen LogP contribution < -0.4 is 10.2 Å². The van der Waals surface area contributed by atoms with Crippen molar-refractivity contribution in [2.45, 2.75) is 46.8 Å². The Hall–Kier alpha value is -2.21. The second-order valence-electron chi connectivity index (χ2n) is 6.61. The Bertz CT molecular complexity index is 723. The molecular formula is C18H25N5O. The molecule has 1 aliphatic heterocycles. The fourth-order valence-corrected chi connectivity index (χ4v) is 3.08. The molecule has 0 bridgehead atoms. The van der Waals surface area contributed by atoms with Gasteiger partial charge in [0, 0.05) is 18.8 Å². The van der Waals surface area contributed by atoms with Crippen molar-refractivity contribution in [3.05, 3.63) is 35.2 Å².